The molecule has 0 amide bonds. The van der Waals surface area contributed by atoms with Gasteiger partial charge >= 0.3 is 0 Å². The van der Waals surface area contributed by atoms with E-state index in [0.717, 1.165) is 24.0 Å². The Morgan fingerprint density at radius 1 is 1.00 bits per heavy atom. The fourth-order valence-corrected chi connectivity index (χ4v) is 2.90. The van der Waals surface area contributed by atoms with Crippen molar-refractivity contribution in [3.05, 3.63) is 59.7 Å². The van der Waals surface area contributed by atoms with E-state index in [0.29, 0.717) is 12.6 Å². The molecule has 0 radical (unpaired) electrons. The van der Waals surface area contributed by atoms with Gasteiger partial charge in [0.05, 0.1) is 13.7 Å². The van der Waals surface area contributed by atoms with Crippen LogP contribution in [0.4, 0.5) is 0 Å². The normalized spacial score (nSPS) is 15.2. The van der Waals surface area contributed by atoms with Crippen LogP contribution in [0.5, 0.6) is 11.5 Å². The van der Waals surface area contributed by atoms with E-state index in [1.807, 2.05) is 31.2 Å². The van der Waals surface area contributed by atoms with Crippen molar-refractivity contribution in [3.8, 4) is 11.5 Å². The standard InChI is InChI=1S/C20H25NO2/c1-3-23-19-10-4-15(5-11-19)14-21-20(16-6-7-16)17-8-12-18(22-2)13-9-17/h4-5,8-13,16,20-21H,3,6-7,14H2,1-2H3. The zero-order valence-electron chi connectivity index (χ0n) is 13.9. The largest absolute Gasteiger partial charge is 0.497 e. The highest BCUT2D eigenvalue weighted by atomic mass is 16.5. The first-order valence-electron chi connectivity index (χ1n) is 8.39. The van der Waals surface area contributed by atoms with Crippen molar-refractivity contribution in [2.75, 3.05) is 13.7 Å². The van der Waals surface area contributed by atoms with E-state index in [-0.39, 0.29) is 0 Å². The minimum absolute atomic E-state index is 0.424. The van der Waals surface area contributed by atoms with Crippen molar-refractivity contribution < 1.29 is 9.47 Å². The second-order valence-corrected chi connectivity index (χ2v) is 6.05. The van der Waals surface area contributed by atoms with Crippen LogP contribution >= 0.6 is 0 Å². The number of rotatable bonds is 8. The highest BCUT2D eigenvalue weighted by Gasteiger charge is 2.31. The Kier molecular flexibility index (Phi) is 5.19. The van der Waals surface area contributed by atoms with Gasteiger partial charge in [-0.3, -0.25) is 0 Å². The molecule has 0 heterocycles. The topological polar surface area (TPSA) is 30.5 Å². The summed E-state index contributed by atoms with van der Waals surface area (Å²) in [4.78, 5) is 0. The van der Waals surface area contributed by atoms with E-state index in [9.17, 15) is 0 Å². The summed E-state index contributed by atoms with van der Waals surface area (Å²) in [5.41, 5.74) is 2.63. The van der Waals surface area contributed by atoms with Crippen LogP contribution in [0.15, 0.2) is 48.5 Å². The van der Waals surface area contributed by atoms with Gasteiger partial charge in [0.2, 0.25) is 0 Å². The first kappa shape index (κ1) is 15.9. The summed E-state index contributed by atoms with van der Waals surface area (Å²) in [5, 5.41) is 3.72. The molecule has 2 aromatic rings. The van der Waals surface area contributed by atoms with E-state index in [1.54, 1.807) is 7.11 Å². The summed E-state index contributed by atoms with van der Waals surface area (Å²) in [6, 6.07) is 17.2. The zero-order chi connectivity index (χ0) is 16.1. The lowest BCUT2D eigenvalue weighted by molar-refractivity contribution is 0.340. The molecule has 1 saturated carbocycles. The molecule has 3 heteroatoms. The average Bonchev–Trinajstić information content (AvgIpc) is 3.42. The molecule has 23 heavy (non-hydrogen) atoms. The fourth-order valence-electron chi connectivity index (χ4n) is 2.90. The molecule has 0 spiro atoms. The van der Waals surface area contributed by atoms with Crippen molar-refractivity contribution in [3.63, 3.8) is 0 Å². The predicted octanol–water partition coefficient (Wildman–Crippen LogP) is 4.33. The molecular weight excluding hydrogens is 286 g/mol. The van der Waals surface area contributed by atoms with E-state index in [2.05, 4.69) is 29.6 Å². The number of hydrogen-bond acceptors (Lipinski definition) is 3. The quantitative estimate of drug-likeness (QED) is 0.787. The van der Waals surface area contributed by atoms with Crippen molar-refractivity contribution in [2.45, 2.75) is 32.4 Å². The maximum absolute atomic E-state index is 5.49. The third-order valence-corrected chi connectivity index (χ3v) is 4.33. The third-order valence-electron chi connectivity index (χ3n) is 4.33. The Hall–Kier alpha value is -2.00. The molecule has 1 atom stereocenters. The summed E-state index contributed by atoms with van der Waals surface area (Å²) >= 11 is 0. The predicted molar refractivity (Wildman–Crippen MR) is 92.9 cm³/mol. The second kappa shape index (κ2) is 7.51. The summed E-state index contributed by atoms with van der Waals surface area (Å²) in [7, 11) is 1.71. The lowest BCUT2D eigenvalue weighted by Gasteiger charge is -2.19. The number of methoxy groups -OCH3 is 1. The Bertz CT molecular complexity index is 603. The summed E-state index contributed by atoms with van der Waals surface area (Å²) in [6.07, 6.45) is 2.62. The Morgan fingerprint density at radius 2 is 1.65 bits per heavy atom. The van der Waals surface area contributed by atoms with Gasteiger partial charge in [0.15, 0.2) is 0 Å². The lowest BCUT2D eigenvalue weighted by atomic mass is 10.0. The van der Waals surface area contributed by atoms with Crippen LogP contribution in [0.1, 0.15) is 36.9 Å². The van der Waals surface area contributed by atoms with Crippen molar-refractivity contribution in [1.29, 1.82) is 0 Å². The van der Waals surface area contributed by atoms with Gasteiger partial charge in [-0.15, -0.1) is 0 Å². The van der Waals surface area contributed by atoms with Crippen LogP contribution in [-0.2, 0) is 6.54 Å². The number of benzene rings is 2. The molecule has 1 unspecified atom stereocenters. The molecule has 0 aromatic heterocycles. The van der Waals surface area contributed by atoms with Crippen LogP contribution in [0, 0.1) is 5.92 Å². The van der Waals surface area contributed by atoms with Crippen molar-refractivity contribution in [2.24, 2.45) is 5.92 Å². The molecule has 2 aromatic carbocycles. The number of nitrogens with one attached hydrogen (secondary N) is 1. The van der Waals surface area contributed by atoms with Gasteiger partial charge in [-0.1, -0.05) is 24.3 Å². The van der Waals surface area contributed by atoms with Crippen LogP contribution in [0.2, 0.25) is 0 Å². The molecular formula is C20H25NO2. The molecule has 122 valence electrons. The van der Waals surface area contributed by atoms with Gasteiger partial charge in [-0.05, 0) is 61.1 Å². The first-order chi connectivity index (χ1) is 11.3. The monoisotopic (exact) mass is 311 g/mol. The third kappa shape index (κ3) is 4.26. The molecule has 1 N–H and O–H groups in total. The minimum atomic E-state index is 0.424. The minimum Gasteiger partial charge on any atom is -0.497 e. The van der Waals surface area contributed by atoms with Crippen LogP contribution in [-0.4, -0.2) is 13.7 Å². The molecule has 3 nitrogen and oxygen atoms in total. The van der Waals surface area contributed by atoms with E-state index < -0.39 is 0 Å². The van der Waals surface area contributed by atoms with Crippen molar-refractivity contribution in [1.82, 2.24) is 5.32 Å². The Morgan fingerprint density at radius 3 is 2.22 bits per heavy atom. The lowest BCUT2D eigenvalue weighted by Crippen LogP contribution is -2.22. The summed E-state index contributed by atoms with van der Waals surface area (Å²) in [5.74, 6) is 2.60. The molecule has 0 aliphatic heterocycles. The average molecular weight is 311 g/mol. The SMILES string of the molecule is CCOc1ccc(CNC(c2ccc(OC)cc2)C2CC2)cc1. The van der Waals surface area contributed by atoms with Crippen LogP contribution < -0.4 is 14.8 Å². The van der Waals surface area contributed by atoms with Crippen molar-refractivity contribution >= 4 is 0 Å². The van der Waals surface area contributed by atoms with E-state index in [1.165, 1.54) is 24.0 Å². The second-order valence-electron chi connectivity index (χ2n) is 6.05. The first-order valence-corrected chi connectivity index (χ1v) is 8.39. The van der Waals surface area contributed by atoms with Gasteiger partial charge in [0, 0.05) is 12.6 Å². The molecule has 0 bridgehead atoms. The zero-order valence-corrected chi connectivity index (χ0v) is 13.9. The number of hydrogen-bond donors (Lipinski definition) is 1. The van der Waals surface area contributed by atoms with Crippen LogP contribution in [0.3, 0.4) is 0 Å². The van der Waals surface area contributed by atoms with Gasteiger partial charge in [0.1, 0.15) is 11.5 Å². The molecule has 1 aliphatic carbocycles. The molecule has 3 rings (SSSR count). The molecule has 1 aliphatic rings. The molecule has 1 fully saturated rings. The highest BCUT2D eigenvalue weighted by Crippen LogP contribution is 2.41. The van der Waals surface area contributed by atoms with Gasteiger partial charge in [0.25, 0.3) is 0 Å². The van der Waals surface area contributed by atoms with Gasteiger partial charge < -0.3 is 14.8 Å². The molecule has 0 saturated heterocycles. The maximum Gasteiger partial charge on any atom is 0.119 e. The van der Waals surface area contributed by atoms with Crippen LogP contribution in [0.25, 0.3) is 0 Å². The highest BCUT2D eigenvalue weighted by molar-refractivity contribution is 5.31. The Labute approximate surface area is 138 Å². The maximum atomic E-state index is 5.49. The smallest absolute Gasteiger partial charge is 0.119 e. The summed E-state index contributed by atoms with van der Waals surface area (Å²) in [6.45, 7) is 3.59. The Balaban J connectivity index is 1.63. The van der Waals surface area contributed by atoms with Gasteiger partial charge in [-0.25, -0.2) is 0 Å². The van der Waals surface area contributed by atoms with Gasteiger partial charge in [-0.2, -0.15) is 0 Å². The number of ether oxygens (including phenoxy) is 2. The summed E-state index contributed by atoms with van der Waals surface area (Å²) < 4.78 is 10.7. The van der Waals surface area contributed by atoms with E-state index >= 15 is 0 Å². The van der Waals surface area contributed by atoms with E-state index in [4.69, 9.17) is 9.47 Å². The fraction of sp³-hybridized carbons (Fsp3) is 0.400.